The normalized spacial score (nSPS) is 16.7. The summed E-state index contributed by atoms with van der Waals surface area (Å²) in [5.41, 5.74) is 0. The van der Waals surface area contributed by atoms with Crippen LogP contribution >= 0.6 is 0 Å². The van der Waals surface area contributed by atoms with Crippen LogP contribution in [0.2, 0.25) is 0 Å². The van der Waals surface area contributed by atoms with Gasteiger partial charge in [-0.15, -0.1) is 0 Å². The number of nitrogens with one attached hydrogen (secondary N) is 1. The lowest BCUT2D eigenvalue weighted by atomic mass is 10.2. The maximum Gasteiger partial charge on any atom is 0.414 e. The minimum atomic E-state index is -4.24. The predicted octanol–water partition coefficient (Wildman–Crippen LogP) is 2.34. The summed E-state index contributed by atoms with van der Waals surface area (Å²) in [5.74, 6) is 0. The second kappa shape index (κ2) is 6.24. The highest BCUT2D eigenvalue weighted by Crippen LogP contribution is 2.22. The van der Waals surface area contributed by atoms with Gasteiger partial charge in [0.05, 0.1) is 0 Å². The number of halogens is 3. The van der Waals surface area contributed by atoms with Crippen LogP contribution < -0.4 is 5.32 Å². The summed E-state index contributed by atoms with van der Waals surface area (Å²) in [6.07, 6.45) is -4.44. The van der Waals surface area contributed by atoms with Gasteiger partial charge in [0.15, 0.2) is 6.10 Å². The van der Waals surface area contributed by atoms with Crippen molar-refractivity contribution < 1.29 is 17.9 Å². The van der Waals surface area contributed by atoms with E-state index in [0.717, 1.165) is 13.3 Å². The van der Waals surface area contributed by atoms with Crippen molar-refractivity contribution in [1.29, 1.82) is 0 Å². The van der Waals surface area contributed by atoms with Gasteiger partial charge in [-0.25, -0.2) is 0 Å². The highest BCUT2D eigenvalue weighted by Gasteiger charge is 2.36. The third kappa shape index (κ3) is 6.21. The molecule has 0 aromatic heterocycles. The molecule has 0 fully saturated rings. The summed E-state index contributed by atoms with van der Waals surface area (Å²) >= 11 is 0. The SMILES string of the molecule is CNC(C)CCCOC(C)C(F)(F)F. The molecular formula is C9H18F3NO. The molecule has 0 radical (unpaired) electrons. The minimum absolute atomic E-state index is 0.159. The first kappa shape index (κ1) is 13.7. The highest BCUT2D eigenvalue weighted by molar-refractivity contribution is 4.61. The van der Waals surface area contributed by atoms with Crippen LogP contribution in [0.5, 0.6) is 0 Å². The highest BCUT2D eigenvalue weighted by atomic mass is 19.4. The third-order valence-electron chi connectivity index (χ3n) is 2.10. The first-order chi connectivity index (χ1) is 6.38. The van der Waals surface area contributed by atoms with Crippen LogP contribution in [0, 0.1) is 0 Å². The monoisotopic (exact) mass is 213 g/mol. The summed E-state index contributed by atoms with van der Waals surface area (Å²) in [5, 5.41) is 3.01. The fourth-order valence-corrected chi connectivity index (χ4v) is 0.888. The number of rotatable bonds is 6. The van der Waals surface area contributed by atoms with Crippen LogP contribution in [0.4, 0.5) is 13.2 Å². The second-order valence-electron chi connectivity index (χ2n) is 3.39. The average molecular weight is 213 g/mol. The molecule has 0 aliphatic carbocycles. The van der Waals surface area contributed by atoms with Crippen molar-refractivity contribution >= 4 is 0 Å². The fraction of sp³-hybridized carbons (Fsp3) is 1.00. The van der Waals surface area contributed by atoms with Crippen molar-refractivity contribution in [3.63, 3.8) is 0 Å². The lowest BCUT2D eigenvalue weighted by Gasteiger charge is -2.17. The van der Waals surface area contributed by atoms with Gasteiger partial charge in [-0.3, -0.25) is 0 Å². The van der Waals surface area contributed by atoms with Crippen LogP contribution in [0.3, 0.4) is 0 Å². The summed E-state index contributed by atoms with van der Waals surface area (Å²) in [4.78, 5) is 0. The number of hydrogen-bond acceptors (Lipinski definition) is 2. The molecule has 1 N–H and O–H groups in total. The van der Waals surface area contributed by atoms with Crippen molar-refractivity contribution in [2.24, 2.45) is 0 Å². The molecule has 0 aromatic rings. The Balaban J connectivity index is 3.46. The molecule has 14 heavy (non-hydrogen) atoms. The molecule has 86 valence electrons. The van der Waals surface area contributed by atoms with Crippen LogP contribution in [-0.4, -0.2) is 32.0 Å². The summed E-state index contributed by atoms with van der Waals surface area (Å²) in [7, 11) is 1.82. The Morgan fingerprint density at radius 3 is 2.29 bits per heavy atom. The van der Waals surface area contributed by atoms with Gasteiger partial charge in [0.2, 0.25) is 0 Å². The zero-order chi connectivity index (χ0) is 11.2. The molecule has 0 aromatic carbocycles. The molecule has 2 nitrogen and oxygen atoms in total. The maximum absolute atomic E-state index is 12.0. The lowest BCUT2D eigenvalue weighted by molar-refractivity contribution is -0.214. The first-order valence-electron chi connectivity index (χ1n) is 4.73. The summed E-state index contributed by atoms with van der Waals surface area (Å²) < 4.78 is 40.5. The van der Waals surface area contributed by atoms with E-state index in [4.69, 9.17) is 0 Å². The number of hydrogen-bond donors (Lipinski definition) is 1. The smallest absolute Gasteiger partial charge is 0.369 e. The van der Waals surface area contributed by atoms with Crippen LogP contribution in [0.15, 0.2) is 0 Å². The van der Waals surface area contributed by atoms with E-state index in [-0.39, 0.29) is 6.61 Å². The van der Waals surface area contributed by atoms with Crippen LogP contribution in [0.25, 0.3) is 0 Å². The average Bonchev–Trinajstić information content (AvgIpc) is 2.09. The van der Waals surface area contributed by atoms with E-state index >= 15 is 0 Å². The molecule has 0 saturated carbocycles. The van der Waals surface area contributed by atoms with Crippen LogP contribution in [-0.2, 0) is 4.74 Å². The second-order valence-corrected chi connectivity index (χ2v) is 3.39. The Morgan fingerprint density at radius 2 is 1.86 bits per heavy atom. The molecule has 0 spiro atoms. The molecular weight excluding hydrogens is 195 g/mol. The van der Waals surface area contributed by atoms with Gasteiger partial charge in [0.1, 0.15) is 0 Å². The molecule has 2 unspecified atom stereocenters. The van der Waals surface area contributed by atoms with Gasteiger partial charge >= 0.3 is 6.18 Å². The molecule has 0 amide bonds. The van der Waals surface area contributed by atoms with Gasteiger partial charge in [-0.1, -0.05) is 0 Å². The predicted molar refractivity (Wildman–Crippen MR) is 49.2 cm³/mol. The zero-order valence-electron chi connectivity index (χ0n) is 8.82. The van der Waals surface area contributed by atoms with Crippen molar-refractivity contribution in [3.05, 3.63) is 0 Å². The van der Waals surface area contributed by atoms with Crippen molar-refractivity contribution in [1.82, 2.24) is 5.32 Å². The Kier molecular flexibility index (Phi) is 6.11. The molecule has 0 rings (SSSR count). The minimum Gasteiger partial charge on any atom is -0.369 e. The Bertz CT molecular complexity index is 149. The molecule has 0 aliphatic rings. The zero-order valence-corrected chi connectivity index (χ0v) is 8.82. The summed E-state index contributed by atoms with van der Waals surface area (Å²) in [6, 6.07) is 0.319. The van der Waals surface area contributed by atoms with E-state index in [1.165, 1.54) is 0 Å². The maximum atomic E-state index is 12.0. The van der Waals surface area contributed by atoms with E-state index in [9.17, 15) is 13.2 Å². The molecule has 2 atom stereocenters. The summed E-state index contributed by atoms with van der Waals surface area (Å²) in [6.45, 7) is 3.17. The van der Waals surface area contributed by atoms with Crippen molar-refractivity contribution in [2.45, 2.75) is 45.0 Å². The molecule has 0 bridgehead atoms. The van der Waals surface area contributed by atoms with Gasteiger partial charge in [-0.05, 0) is 33.7 Å². The third-order valence-corrected chi connectivity index (χ3v) is 2.10. The first-order valence-corrected chi connectivity index (χ1v) is 4.73. The quantitative estimate of drug-likeness (QED) is 0.684. The molecule has 0 saturated heterocycles. The molecule has 0 aliphatic heterocycles. The van der Waals surface area contributed by atoms with Gasteiger partial charge in [0, 0.05) is 12.6 Å². The molecule has 0 heterocycles. The Morgan fingerprint density at radius 1 is 1.29 bits per heavy atom. The number of ether oxygens (including phenoxy) is 1. The van der Waals surface area contributed by atoms with Gasteiger partial charge in [-0.2, -0.15) is 13.2 Å². The van der Waals surface area contributed by atoms with Crippen LogP contribution in [0.1, 0.15) is 26.7 Å². The van der Waals surface area contributed by atoms with E-state index in [2.05, 4.69) is 10.1 Å². The van der Waals surface area contributed by atoms with E-state index in [0.29, 0.717) is 12.5 Å². The Labute approximate surface area is 82.8 Å². The van der Waals surface area contributed by atoms with E-state index < -0.39 is 12.3 Å². The van der Waals surface area contributed by atoms with E-state index in [1.807, 2.05) is 14.0 Å². The topological polar surface area (TPSA) is 21.3 Å². The molecule has 5 heteroatoms. The van der Waals surface area contributed by atoms with Crippen molar-refractivity contribution in [2.75, 3.05) is 13.7 Å². The Hall–Kier alpha value is -0.290. The number of alkyl halides is 3. The lowest BCUT2D eigenvalue weighted by Crippen LogP contribution is -2.29. The van der Waals surface area contributed by atoms with Crippen molar-refractivity contribution in [3.8, 4) is 0 Å². The van der Waals surface area contributed by atoms with Gasteiger partial charge < -0.3 is 10.1 Å². The largest absolute Gasteiger partial charge is 0.414 e. The fourth-order valence-electron chi connectivity index (χ4n) is 0.888. The van der Waals surface area contributed by atoms with E-state index in [1.54, 1.807) is 0 Å². The standard InChI is InChI=1S/C9H18F3NO/c1-7(13-3)5-4-6-14-8(2)9(10,11)12/h7-8,13H,4-6H2,1-3H3. The van der Waals surface area contributed by atoms with Gasteiger partial charge in [0.25, 0.3) is 0 Å².